The number of benzene rings is 1. The number of nitrogens with one attached hydrogen (secondary N) is 1. The van der Waals surface area contributed by atoms with E-state index in [2.05, 4.69) is 10.4 Å². The summed E-state index contributed by atoms with van der Waals surface area (Å²) in [7, 11) is 0. The summed E-state index contributed by atoms with van der Waals surface area (Å²) in [6.07, 6.45) is 2.20. The molecule has 2 aliphatic heterocycles. The van der Waals surface area contributed by atoms with E-state index in [9.17, 15) is 10.4 Å². The summed E-state index contributed by atoms with van der Waals surface area (Å²) >= 11 is 0. The van der Waals surface area contributed by atoms with Crippen molar-refractivity contribution in [3.63, 3.8) is 0 Å². The van der Waals surface area contributed by atoms with Crippen LogP contribution in [0.25, 0.3) is 0 Å². The molecular formula is C13H19N5O3. The number of piperidine rings is 1. The lowest BCUT2D eigenvalue weighted by atomic mass is 9.99. The Bertz CT molecular complexity index is 545. The average Bonchev–Trinajstić information content (AvgIpc) is 2.51. The number of guanidine groups is 1. The summed E-state index contributed by atoms with van der Waals surface area (Å²) < 4.78 is 5.78. The van der Waals surface area contributed by atoms with Crippen LogP contribution in [0.4, 0.5) is 11.4 Å². The molecule has 8 nitrogen and oxygen atoms in total. The lowest BCUT2D eigenvalue weighted by Crippen LogP contribution is -2.40. The van der Waals surface area contributed by atoms with E-state index >= 15 is 0 Å². The predicted octanol–water partition coefficient (Wildman–Crippen LogP) is 0.699. The highest BCUT2D eigenvalue weighted by atomic mass is 16.5. The van der Waals surface area contributed by atoms with Crippen molar-refractivity contribution in [1.82, 2.24) is 5.32 Å². The van der Waals surface area contributed by atoms with Gasteiger partial charge < -0.3 is 15.8 Å². The number of nitrogens with two attached hydrogens (primary N) is 1. The number of hydrogen-bond acceptors (Lipinski definition) is 8. The summed E-state index contributed by atoms with van der Waals surface area (Å²) in [5.74, 6) is 0.948. The van der Waals surface area contributed by atoms with Crippen molar-refractivity contribution in [1.29, 1.82) is 0 Å². The van der Waals surface area contributed by atoms with Crippen LogP contribution >= 0.6 is 0 Å². The highest BCUT2D eigenvalue weighted by Crippen LogP contribution is 2.34. The number of fused-ring (bicyclic) bond motifs is 1. The molecule has 0 saturated carbocycles. The molecule has 0 unspecified atom stereocenters. The van der Waals surface area contributed by atoms with Gasteiger partial charge in [-0.3, -0.25) is 10.4 Å². The fourth-order valence-corrected chi connectivity index (χ4v) is 2.51. The van der Waals surface area contributed by atoms with Crippen molar-refractivity contribution < 1.29 is 15.2 Å². The van der Waals surface area contributed by atoms with Crippen molar-refractivity contribution in [2.45, 2.75) is 12.8 Å². The first-order chi connectivity index (χ1) is 10.1. The first-order valence-corrected chi connectivity index (χ1v) is 6.95. The zero-order valence-corrected chi connectivity index (χ0v) is 11.6. The standard InChI is InChI=1S/C13H19N5O3/c14-13-16-18(20)11-2-1-10(7-12(11)17(13)19)21-8-9-3-5-15-6-4-9/h1-2,7,9,15,19-20H,3-6,8H2,(H2,14,16). The molecule has 0 aromatic heterocycles. The Labute approximate surface area is 122 Å². The Morgan fingerprint density at radius 3 is 2.81 bits per heavy atom. The number of hydroxylamine groups is 1. The molecule has 0 atom stereocenters. The van der Waals surface area contributed by atoms with Gasteiger partial charge in [-0.2, -0.15) is 5.06 Å². The van der Waals surface area contributed by atoms with E-state index in [1.165, 1.54) is 0 Å². The molecule has 0 radical (unpaired) electrons. The topological polar surface area (TPSA) is 107 Å². The van der Waals surface area contributed by atoms with Gasteiger partial charge in [-0.1, -0.05) is 0 Å². The van der Waals surface area contributed by atoms with E-state index in [0.29, 0.717) is 34.8 Å². The van der Waals surface area contributed by atoms with Gasteiger partial charge in [0.05, 0.1) is 6.61 Å². The summed E-state index contributed by atoms with van der Waals surface area (Å²) in [5, 5.41) is 27.8. The molecular weight excluding hydrogens is 274 g/mol. The Kier molecular flexibility index (Phi) is 3.82. The summed E-state index contributed by atoms with van der Waals surface area (Å²) in [4.78, 5) is 0. The largest absolute Gasteiger partial charge is 0.493 e. The molecule has 0 bridgehead atoms. The van der Waals surface area contributed by atoms with Gasteiger partial charge in [-0.15, -0.1) is 10.3 Å². The number of nitrogens with zero attached hydrogens (tertiary/aromatic N) is 3. The number of anilines is 2. The molecule has 5 N–H and O–H groups in total. The molecule has 8 heteroatoms. The molecule has 2 heterocycles. The number of rotatable bonds is 3. The van der Waals surface area contributed by atoms with Crippen LogP contribution < -0.4 is 26.0 Å². The minimum atomic E-state index is -0.208. The molecule has 1 fully saturated rings. The second kappa shape index (κ2) is 5.76. The van der Waals surface area contributed by atoms with Crippen LogP contribution in [-0.4, -0.2) is 36.1 Å². The van der Waals surface area contributed by atoms with E-state index in [-0.39, 0.29) is 5.96 Å². The van der Waals surface area contributed by atoms with Crippen molar-refractivity contribution in [3.8, 4) is 5.75 Å². The summed E-state index contributed by atoms with van der Waals surface area (Å²) in [5.41, 5.74) is 6.16. The molecule has 1 aromatic rings. The fraction of sp³-hybridized carbons (Fsp3) is 0.462. The van der Waals surface area contributed by atoms with Crippen LogP contribution in [0.5, 0.6) is 5.75 Å². The Morgan fingerprint density at radius 1 is 1.29 bits per heavy atom. The van der Waals surface area contributed by atoms with Crippen LogP contribution in [0.2, 0.25) is 0 Å². The molecule has 21 heavy (non-hydrogen) atoms. The van der Waals surface area contributed by atoms with Gasteiger partial charge >= 0.3 is 0 Å². The quantitative estimate of drug-likeness (QED) is 0.650. The van der Waals surface area contributed by atoms with Crippen LogP contribution in [-0.2, 0) is 0 Å². The second-order valence-electron chi connectivity index (χ2n) is 5.21. The minimum absolute atomic E-state index is 0.208. The maximum atomic E-state index is 9.86. The van der Waals surface area contributed by atoms with Gasteiger partial charge in [0.15, 0.2) is 0 Å². The monoisotopic (exact) mass is 293 g/mol. The molecule has 0 amide bonds. The fourth-order valence-electron chi connectivity index (χ4n) is 2.51. The van der Waals surface area contributed by atoms with Gasteiger partial charge in [0.1, 0.15) is 17.1 Å². The van der Waals surface area contributed by atoms with Gasteiger partial charge in [-0.05, 0) is 44.0 Å². The smallest absolute Gasteiger partial charge is 0.245 e. The van der Waals surface area contributed by atoms with Crippen LogP contribution in [0.3, 0.4) is 0 Å². The lowest BCUT2D eigenvalue weighted by Gasteiger charge is -2.27. The first kappa shape index (κ1) is 13.9. The Hall–Kier alpha value is -2.03. The zero-order chi connectivity index (χ0) is 14.8. The summed E-state index contributed by atoms with van der Waals surface area (Å²) in [6.45, 7) is 2.68. The first-order valence-electron chi connectivity index (χ1n) is 6.95. The zero-order valence-electron chi connectivity index (χ0n) is 11.6. The minimum Gasteiger partial charge on any atom is -0.493 e. The predicted molar refractivity (Wildman–Crippen MR) is 77.7 cm³/mol. The van der Waals surface area contributed by atoms with Gasteiger partial charge in [0.2, 0.25) is 5.96 Å². The van der Waals surface area contributed by atoms with Crippen molar-refractivity contribution in [2.75, 3.05) is 29.9 Å². The van der Waals surface area contributed by atoms with Crippen LogP contribution in [0.1, 0.15) is 12.8 Å². The molecule has 1 saturated heterocycles. The number of hydrazone groups is 1. The molecule has 0 aliphatic carbocycles. The maximum Gasteiger partial charge on any atom is 0.245 e. The maximum absolute atomic E-state index is 9.86. The SMILES string of the molecule is NC1=NN(O)c2ccc(OCC3CCNCC3)cc2N1O. The number of ether oxygens (including phenoxy) is 1. The van der Waals surface area contributed by atoms with Crippen LogP contribution in [0, 0.1) is 5.92 Å². The summed E-state index contributed by atoms with van der Waals surface area (Å²) in [6, 6.07) is 4.97. The van der Waals surface area contributed by atoms with Gasteiger partial charge in [0, 0.05) is 6.07 Å². The van der Waals surface area contributed by atoms with Gasteiger partial charge in [0.25, 0.3) is 0 Å². The molecule has 0 spiro atoms. The highest BCUT2D eigenvalue weighted by Gasteiger charge is 2.23. The third-order valence-electron chi connectivity index (χ3n) is 3.75. The normalized spacial score (nSPS) is 19.2. The lowest BCUT2D eigenvalue weighted by molar-refractivity contribution is 0.214. The molecule has 3 rings (SSSR count). The molecule has 114 valence electrons. The van der Waals surface area contributed by atoms with E-state index < -0.39 is 0 Å². The van der Waals surface area contributed by atoms with E-state index in [4.69, 9.17) is 10.5 Å². The van der Waals surface area contributed by atoms with Gasteiger partial charge in [-0.25, -0.2) is 0 Å². The third-order valence-corrected chi connectivity index (χ3v) is 3.75. The Balaban J connectivity index is 1.71. The van der Waals surface area contributed by atoms with Crippen molar-refractivity contribution >= 4 is 17.3 Å². The number of hydrogen-bond donors (Lipinski definition) is 4. The van der Waals surface area contributed by atoms with Crippen molar-refractivity contribution in [2.24, 2.45) is 16.8 Å². The van der Waals surface area contributed by atoms with E-state index in [0.717, 1.165) is 31.0 Å². The van der Waals surface area contributed by atoms with Crippen molar-refractivity contribution in [3.05, 3.63) is 18.2 Å². The van der Waals surface area contributed by atoms with E-state index in [1.807, 2.05) is 0 Å². The highest BCUT2D eigenvalue weighted by molar-refractivity contribution is 5.98. The third kappa shape index (κ3) is 2.87. The van der Waals surface area contributed by atoms with Crippen LogP contribution in [0.15, 0.2) is 23.3 Å². The van der Waals surface area contributed by atoms with E-state index in [1.54, 1.807) is 18.2 Å². The average molecular weight is 293 g/mol. The molecule has 2 aliphatic rings. The Morgan fingerprint density at radius 2 is 2.05 bits per heavy atom. The second-order valence-corrected chi connectivity index (χ2v) is 5.21. The molecule has 1 aromatic carbocycles.